The molecule has 4 N–H and O–H groups in total. The largest absolute Gasteiger partial charge is 0.399 e. The van der Waals surface area contributed by atoms with Crippen molar-refractivity contribution >= 4 is 5.69 Å². The van der Waals surface area contributed by atoms with Crippen LogP contribution in [0.5, 0.6) is 0 Å². The van der Waals surface area contributed by atoms with Crippen molar-refractivity contribution in [1.29, 1.82) is 0 Å². The summed E-state index contributed by atoms with van der Waals surface area (Å²) < 4.78 is 0. The van der Waals surface area contributed by atoms with E-state index in [1.54, 1.807) is 6.20 Å². The molecule has 14 heavy (non-hydrogen) atoms. The average Bonchev–Trinajstić information content (AvgIpc) is 2.18. The van der Waals surface area contributed by atoms with Crippen LogP contribution in [0.3, 0.4) is 0 Å². The number of nitrogens with zero attached hydrogens (tertiary/aromatic N) is 1. The summed E-state index contributed by atoms with van der Waals surface area (Å²) in [5.41, 5.74) is 13.6. The molecule has 1 aliphatic carbocycles. The van der Waals surface area contributed by atoms with Crippen molar-refractivity contribution in [2.75, 3.05) is 5.73 Å². The standard InChI is InChI=1S/C11H17N3/c12-9-3-1-2-8(6-9)11-7-10(13)4-5-14-11/h4-5,7-9H,1-3,6,12H2,(H2,13,14). The molecular weight excluding hydrogens is 174 g/mol. The van der Waals surface area contributed by atoms with Crippen LogP contribution in [0.1, 0.15) is 37.3 Å². The van der Waals surface area contributed by atoms with Gasteiger partial charge >= 0.3 is 0 Å². The highest BCUT2D eigenvalue weighted by Gasteiger charge is 2.21. The topological polar surface area (TPSA) is 64.9 Å². The molecule has 0 saturated heterocycles. The van der Waals surface area contributed by atoms with Crippen LogP contribution in [0, 0.1) is 0 Å². The molecule has 2 atom stereocenters. The fourth-order valence-electron chi connectivity index (χ4n) is 2.19. The van der Waals surface area contributed by atoms with E-state index in [2.05, 4.69) is 4.98 Å². The minimum absolute atomic E-state index is 0.344. The van der Waals surface area contributed by atoms with Gasteiger partial charge < -0.3 is 11.5 Å². The van der Waals surface area contributed by atoms with E-state index >= 15 is 0 Å². The molecule has 1 aliphatic rings. The molecule has 1 aromatic heterocycles. The minimum atomic E-state index is 0.344. The van der Waals surface area contributed by atoms with E-state index < -0.39 is 0 Å². The predicted octanol–water partition coefficient (Wildman–Crippen LogP) is 1.65. The molecule has 3 nitrogen and oxygen atoms in total. The van der Waals surface area contributed by atoms with Gasteiger partial charge in [0.15, 0.2) is 0 Å². The van der Waals surface area contributed by atoms with E-state index in [1.807, 2.05) is 12.1 Å². The molecule has 0 spiro atoms. The lowest BCUT2D eigenvalue weighted by atomic mass is 9.84. The highest BCUT2D eigenvalue weighted by molar-refractivity contribution is 5.38. The first kappa shape index (κ1) is 9.46. The molecule has 0 aliphatic heterocycles. The highest BCUT2D eigenvalue weighted by Crippen LogP contribution is 2.31. The molecular formula is C11H17N3. The Bertz CT molecular complexity index is 311. The van der Waals surface area contributed by atoms with Crippen LogP contribution in [0.2, 0.25) is 0 Å². The fraction of sp³-hybridized carbons (Fsp3) is 0.545. The van der Waals surface area contributed by atoms with Crippen molar-refractivity contribution in [1.82, 2.24) is 4.98 Å². The predicted molar refractivity (Wildman–Crippen MR) is 57.8 cm³/mol. The SMILES string of the molecule is Nc1ccnc(C2CCCC(N)C2)c1. The Kier molecular flexibility index (Phi) is 2.68. The van der Waals surface area contributed by atoms with E-state index in [0.29, 0.717) is 12.0 Å². The van der Waals surface area contributed by atoms with Gasteiger partial charge in [0.05, 0.1) is 0 Å². The Morgan fingerprint density at radius 2 is 2.21 bits per heavy atom. The summed E-state index contributed by atoms with van der Waals surface area (Å²) in [4.78, 5) is 4.36. The van der Waals surface area contributed by atoms with Crippen molar-refractivity contribution in [3.8, 4) is 0 Å². The van der Waals surface area contributed by atoms with Gasteiger partial charge in [0.2, 0.25) is 0 Å². The number of nitrogen functional groups attached to an aromatic ring is 1. The van der Waals surface area contributed by atoms with E-state index in [4.69, 9.17) is 11.5 Å². The molecule has 1 aromatic rings. The zero-order valence-electron chi connectivity index (χ0n) is 8.32. The summed E-state index contributed by atoms with van der Waals surface area (Å²) in [5.74, 6) is 0.516. The van der Waals surface area contributed by atoms with E-state index in [0.717, 1.165) is 24.2 Å². The summed E-state index contributed by atoms with van der Waals surface area (Å²) in [6.07, 6.45) is 6.40. The summed E-state index contributed by atoms with van der Waals surface area (Å²) >= 11 is 0. The maximum absolute atomic E-state index is 5.94. The quantitative estimate of drug-likeness (QED) is 0.709. The molecule has 1 saturated carbocycles. The smallest absolute Gasteiger partial charge is 0.0455 e. The van der Waals surface area contributed by atoms with Crippen molar-refractivity contribution in [3.05, 3.63) is 24.0 Å². The van der Waals surface area contributed by atoms with Gasteiger partial charge in [0.1, 0.15) is 0 Å². The van der Waals surface area contributed by atoms with Crippen molar-refractivity contribution in [2.24, 2.45) is 5.73 Å². The van der Waals surface area contributed by atoms with Crippen LogP contribution in [0.15, 0.2) is 18.3 Å². The first-order valence-corrected chi connectivity index (χ1v) is 5.22. The average molecular weight is 191 g/mol. The van der Waals surface area contributed by atoms with Crippen molar-refractivity contribution in [2.45, 2.75) is 37.6 Å². The van der Waals surface area contributed by atoms with Crippen molar-refractivity contribution < 1.29 is 0 Å². The summed E-state index contributed by atoms with van der Waals surface area (Å²) in [5, 5.41) is 0. The van der Waals surface area contributed by atoms with Crippen LogP contribution in [0.25, 0.3) is 0 Å². The maximum atomic E-state index is 5.94. The second-order valence-corrected chi connectivity index (χ2v) is 4.14. The Hall–Kier alpha value is -1.09. The maximum Gasteiger partial charge on any atom is 0.0455 e. The zero-order chi connectivity index (χ0) is 9.97. The van der Waals surface area contributed by atoms with Gasteiger partial charge in [-0.3, -0.25) is 4.98 Å². The number of hydrogen-bond donors (Lipinski definition) is 2. The third kappa shape index (κ3) is 2.04. The lowest BCUT2D eigenvalue weighted by Gasteiger charge is -2.26. The Morgan fingerprint density at radius 1 is 1.36 bits per heavy atom. The number of anilines is 1. The molecule has 0 bridgehead atoms. The number of aromatic nitrogens is 1. The van der Waals surface area contributed by atoms with E-state index in [1.165, 1.54) is 12.8 Å². The van der Waals surface area contributed by atoms with Gasteiger partial charge in [0.25, 0.3) is 0 Å². The number of rotatable bonds is 1. The monoisotopic (exact) mass is 191 g/mol. The summed E-state index contributed by atoms with van der Waals surface area (Å²) in [6.45, 7) is 0. The minimum Gasteiger partial charge on any atom is -0.399 e. The van der Waals surface area contributed by atoms with Gasteiger partial charge in [-0.25, -0.2) is 0 Å². The van der Waals surface area contributed by atoms with E-state index in [-0.39, 0.29) is 0 Å². The van der Waals surface area contributed by atoms with E-state index in [9.17, 15) is 0 Å². The first-order chi connectivity index (χ1) is 6.75. The normalized spacial score (nSPS) is 27.5. The van der Waals surface area contributed by atoms with Gasteiger partial charge in [-0.05, 0) is 31.4 Å². The molecule has 76 valence electrons. The second kappa shape index (κ2) is 3.96. The number of nitrogens with two attached hydrogens (primary N) is 2. The molecule has 2 unspecified atom stereocenters. The molecule has 3 heteroatoms. The van der Waals surface area contributed by atoms with Crippen LogP contribution in [-0.2, 0) is 0 Å². The van der Waals surface area contributed by atoms with Gasteiger partial charge in [-0.2, -0.15) is 0 Å². The Labute approximate surface area is 84.5 Å². The fourth-order valence-corrected chi connectivity index (χ4v) is 2.19. The highest BCUT2D eigenvalue weighted by atomic mass is 14.7. The Balaban J connectivity index is 2.14. The number of pyridine rings is 1. The van der Waals surface area contributed by atoms with Crippen LogP contribution >= 0.6 is 0 Å². The molecule has 0 aromatic carbocycles. The molecule has 0 amide bonds. The molecule has 1 fully saturated rings. The lowest BCUT2D eigenvalue weighted by molar-refractivity contribution is 0.388. The molecule has 0 radical (unpaired) electrons. The Morgan fingerprint density at radius 3 is 2.93 bits per heavy atom. The second-order valence-electron chi connectivity index (χ2n) is 4.14. The van der Waals surface area contributed by atoms with Crippen molar-refractivity contribution in [3.63, 3.8) is 0 Å². The van der Waals surface area contributed by atoms with Gasteiger partial charge in [0, 0.05) is 29.5 Å². The zero-order valence-corrected chi connectivity index (χ0v) is 8.32. The molecule has 2 rings (SSSR count). The molecule has 1 heterocycles. The number of hydrogen-bond acceptors (Lipinski definition) is 3. The van der Waals surface area contributed by atoms with Crippen LogP contribution in [0.4, 0.5) is 5.69 Å². The summed E-state index contributed by atoms with van der Waals surface area (Å²) in [7, 11) is 0. The van der Waals surface area contributed by atoms with Gasteiger partial charge in [-0.15, -0.1) is 0 Å². The summed E-state index contributed by atoms with van der Waals surface area (Å²) in [6, 6.07) is 4.14. The third-order valence-electron chi connectivity index (χ3n) is 2.94. The van der Waals surface area contributed by atoms with Crippen LogP contribution in [-0.4, -0.2) is 11.0 Å². The van der Waals surface area contributed by atoms with Crippen LogP contribution < -0.4 is 11.5 Å². The first-order valence-electron chi connectivity index (χ1n) is 5.22. The third-order valence-corrected chi connectivity index (χ3v) is 2.94. The lowest BCUT2D eigenvalue weighted by Crippen LogP contribution is -2.27. The van der Waals surface area contributed by atoms with Gasteiger partial charge in [-0.1, -0.05) is 6.42 Å².